The number of nitrogens with one attached hydrogen (secondary N) is 1. The van der Waals surface area contributed by atoms with E-state index in [1.54, 1.807) is 24.4 Å². The summed E-state index contributed by atoms with van der Waals surface area (Å²) < 4.78 is 0. The molecule has 2 aromatic rings. The van der Waals surface area contributed by atoms with E-state index in [2.05, 4.69) is 10.3 Å². The van der Waals surface area contributed by atoms with E-state index >= 15 is 0 Å². The number of nitrogens with zero attached hydrogens (tertiary/aromatic N) is 1. The summed E-state index contributed by atoms with van der Waals surface area (Å²) in [7, 11) is 0. The predicted molar refractivity (Wildman–Crippen MR) is 77.8 cm³/mol. The van der Waals surface area contributed by atoms with Crippen molar-refractivity contribution in [3.8, 4) is 0 Å². The van der Waals surface area contributed by atoms with Gasteiger partial charge in [-0.2, -0.15) is 0 Å². The van der Waals surface area contributed by atoms with Crippen LogP contribution in [-0.4, -0.2) is 10.9 Å². The van der Waals surface area contributed by atoms with Crippen molar-refractivity contribution in [2.75, 3.05) is 11.1 Å². The smallest absolute Gasteiger partial charge is 0.257 e. The van der Waals surface area contributed by atoms with Gasteiger partial charge in [-0.25, -0.2) is 4.98 Å². The summed E-state index contributed by atoms with van der Waals surface area (Å²) in [6, 6.07) is 6.43. The van der Waals surface area contributed by atoms with E-state index in [9.17, 15) is 4.79 Å². The minimum Gasteiger partial charge on any atom is -0.399 e. The predicted octanol–water partition coefficient (Wildman–Crippen LogP) is 3.53. The number of carbonyl (C=O) groups is 1. The number of hydrogen-bond acceptors (Lipinski definition) is 3. The maximum atomic E-state index is 12.1. The molecule has 0 fully saturated rings. The van der Waals surface area contributed by atoms with Crippen LogP contribution in [0.2, 0.25) is 10.2 Å². The Kier molecular flexibility index (Phi) is 3.93. The maximum absolute atomic E-state index is 12.1. The second-order valence-corrected chi connectivity index (χ2v) is 4.81. The molecular formula is C13H11Cl2N3O. The van der Waals surface area contributed by atoms with Crippen LogP contribution in [0.4, 0.5) is 11.4 Å². The quantitative estimate of drug-likeness (QED) is 0.658. The molecule has 0 bridgehead atoms. The van der Waals surface area contributed by atoms with Crippen molar-refractivity contribution in [1.82, 2.24) is 4.98 Å². The third-order valence-corrected chi connectivity index (χ3v) is 3.09. The van der Waals surface area contributed by atoms with Gasteiger partial charge in [0.2, 0.25) is 0 Å². The molecule has 19 heavy (non-hydrogen) atoms. The normalized spacial score (nSPS) is 10.3. The van der Waals surface area contributed by atoms with Crippen LogP contribution in [0.25, 0.3) is 0 Å². The lowest BCUT2D eigenvalue weighted by Crippen LogP contribution is -2.13. The Morgan fingerprint density at radius 3 is 2.79 bits per heavy atom. The van der Waals surface area contributed by atoms with Crippen LogP contribution in [0.1, 0.15) is 15.9 Å². The van der Waals surface area contributed by atoms with Crippen LogP contribution in [-0.2, 0) is 0 Å². The summed E-state index contributed by atoms with van der Waals surface area (Å²) in [4.78, 5) is 16.1. The highest BCUT2D eigenvalue weighted by atomic mass is 35.5. The molecule has 0 spiro atoms. The fraction of sp³-hybridized carbons (Fsp3) is 0.0769. The van der Waals surface area contributed by atoms with E-state index in [1.807, 2.05) is 6.92 Å². The largest absolute Gasteiger partial charge is 0.399 e. The minimum atomic E-state index is -0.383. The van der Waals surface area contributed by atoms with Crippen LogP contribution < -0.4 is 11.1 Å². The van der Waals surface area contributed by atoms with Crippen molar-refractivity contribution < 1.29 is 4.79 Å². The Hall–Kier alpha value is -1.78. The van der Waals surface area contributed by atoms with Gasteiger partial charge < -0.3 is 11.1 Å². The second kappa shape index (κ2) is 5.47. The van der Waals surface area contributed by atoms with Gasteiger partial charge in [0.25, 0.3) is 5.91 Å². The van der Waals surface area contributed by atoms with E-state index < -0.39 is 0 Å². The molecule has 0 saturated heterocycles. The first-order valence-corrected chi connectivity index (χ1v) is 6.21. The Morgan fingerprint density at radius 1 is 1.32 bits per heavy atom. The number of pyridine rings is 1. The number of benzene rings is 1. The molecule has 0 atom stereocenters. The van der Waals surface area contributed by atoms with Crippen molar-refractivity contribution in [2.45, 2.75) is 6.92 Å². The zero-order valence-corrected chi connectivity index (χ0v) is 11.6. The molecule has 6 heteroatoms. The van der Waals surface area contributed by atoms with Crippen LogP contribution in [0, 0.1) is 6.92 Å². The van der Waals surface area contributed by atoms with Gasteiger partial charge in [-0.3, -0.25) is 4.79 Å². The lowest BCUT2D eigenvalue weighted by Gasteiger charge is -2.09. The van der Waals surface area contributed by atoms with E-state index in [1.165, 1.54) is 6.07 Å². The number of rotatable bonds is 2. The number of halogens is 2. The summed E-state index contributed by atoms with van der Waals surface area (Å²) in [6.45, 7) is 1.85. The van der Waals surface area contributed by atoms with Gasteiger partial charge in [-0.05, 0) is 36.8 Å². The van der Waals surface area contributed by atoms with Crippen LogP contribution in [0.15, 0.2) is 30.5 Å². The molecule has 2 rings (SSSR count). The lowest BCUT2D eigenvalue weighted by atomic mass is 10.2. The molecule has 0 saturated carbocycles. The molecule has 0 aliphatic heterocycles. The number of anilines is 2. The molecule has 0 aliphatic rings. The van der Waals surface area contributed by atoms with E-state index in [-0.39, 0.29) is 11.1 Å². The highest BCUT2D eigenvalue weighted by molar-refractivity contribution is 6.35. The van der Waals surface area contributed by atoms with Crippen molar-refractivity contribution in [2.24, 2.45) is 0 Å². The molecule has 4 nitrogen and oxygen atoms in total. The van der Waals surface area contributed by atoms with Crippen LogP contribution >= 0.6 is 23.2 Å². The van der Waals surface area contributed by atoms with Crippen molar-refractivity contribution >= 4 is 40.5 Å². The number of aryl methyl sites for hydroxylation is 1. The first kappa shape index (κ1) is 13.6. The molecule has 1 heterocycles. The second-order valence-electron chi connectivity index (χ2n) is 4.04. The SMILES string of the molecule is Cc1cnc(Cl)c(NC(=O)c2cc(N)ccc2Cl)c1. The van der Waals surface area contributed by atoms with Gasteiger partial charge in [-0.1, -0.05) is 23.2 Å². The summed E-state index contributed by atoms with van der Waals surface area (Å²) in [5.41, 5.74) is 7.71. The number of nitrogen functional groups attached to an aromatic ring is 1. The highest BCUT2D eigenvalue weighted by Crippen LogP contribution is 2.23. The molecule has 0 radical (unpaired) electrons. The van der Waals surface area contributed by atoms with Gasteiger partial charge >= 0.3 is 0 Å². The first-order chi connectivity index (χ1) is 8.97. The fourth-order valence-electron chi connectivity index (χ4n) is 1.55. The van der Waals surface area contributed by atoms with E-state index in [0.29, 0.717) is 22.0 Å². The average Bonchev–Trinajstić information content (AvgIpc) is 2.36. The highest BCUT2D eigenvalue weighted by Gasteiger charge is 2.13. The Labute approximate surface area is 120 Å². The number of carbonyl (C=O) groups excluding carboxylic acids is 1. The van der Waals surface area contributed by atoms with Crippen molar-refractivity contribution in [1.29, 1.82) is 0 Å². The van der Waals surface area contributed by atoms with Crippen molar-refractivity contribution in [3.63, 3.8) is 0 Å². The van der Waals surface area contributed by atoms with Gasteiger partial charge in [0.15, 0.2) is 5.15 Å². The number of amides is 1. The summed E-state index contributed by atoms with van der Waals surface area (Å²) in [5.74, 6) is -0.383. The molecule has 98 valence electrons. The van der Waals surface area contributed by atoms with Gasteiger partial charge in [0.1, 0.15) is 0 Å². The zero-order valence-electron chi connectivity index (χ0n) is 10.1. The number of aromatic nitrogens is 1. The molecule has 1 aromatic heterocycles. The Bertz CT molecular complexity index is 644. The molecule has 0 unspecified atom stereocenters. The zero-order chi connectivity index (χ0) is 14.0. The molecule has 1 aromatic carbocycles. The standard InChI is InChI=1S/C13H11Cl2N3O/c1-7-4-11(12(15)17-6-7)18-13(19)9-5-8(16)2-3-10(9)14/h2-6H,16H2,1H3,(H,18,19). The summed E-state index contributed by atoms with van der Waals surface area (Å²) in [6.07, 6.45) is 1.62. The molecule has 1 amide bonds. The van der Waals surface area contributed by atoms with E-state index in [0.717, 1.165) is 5.56 Å². The number of hydrogen-bond donors (Lipinski definition) is 2. The summed E-state index contributed by atoms with van der Waals surface area (Å²) in [5, 5.41) is 3.21. The van der Waals surface area contributed by atoms with Gasteiger partial charge in [-0.15, -0.1) is 0 Å². The third kappa shape index (κ3) is 3.16. The third-order valence-electron chi connectivity index (χ3n) is 2.46. The average molecular weight is 296 g/mol. The van der Waals surface area contributed by atoms with Crippen molar-refractivity contribution in [3.05, 3.63) is 51.8 Å². The van der Waals surface area contributed by atoms with Gasteiger partial charge in [0, 0.05) is 11.9 Å². The number of nitrogens with two attached hydrogens (primary N) is 1. The first-order valence-electron chi connectivity index (χ1n) is 5.46. The Morgan fingerprint density at radius 2 is 2.05 bits per heavy atom. The molecule has 3 N–H and O–H groups in total. The minimum absolute atomic E-state index is 0.221. The maximum Gasteiger partial charge on any atom is 0.257 e. The van der Waals surface area contributed by atoms with Crippen LogP contribution in [0.3, 0.4) is 0 Å². The van der Waals surface area contributed by atoms with E-state index in [4.69, 9.17) is 28.9 Å². The van der Waals surface area contributed by atoms with Gasteiger partial charge in [0.05, 0.1) is 16.3 Å². The topological polar surface area (TPSA) is 68.0 Å². The molecular weight excluding hydrogens is 285 g/mol. The van der Waals surface area contributed by atoms with Crippen LogP contribution in [0.5, 0.6) is 0 Å². The Balaban J connectivity index is 2.30. The lowest BCUT2D eigenvalue weighted by molar-refractivity contribution is 0.102. The molecule has 0 aliphatic carbocycles. The fourth-order valence-corrected chi connectivity index (χ4v) is 1.90. The monoisotopic (exact) mass is 295 g/mol. The summed E-state index contributed by atoms with van der Waals surface area (Å²) >= 11 is 11.9.